The lowest BCUT2D eigenvalue weighted by atomic mass is 9.60. The van der Waals surface area contributed by atoms with Crippen molar-refractivity contribution in [2.75, 3.05) is 6.54 Å². The fraction of sp³-hybridized carbons (Fsp3) is 0.962. The zero-order valence-electron chi connectivity index (χ0n) is 20.9. The van der Waals surface area contributed by atoms with E-state index in [1.54, 1.807) is 0 Å². The Kier molecular flexibility index (Phi) is 7.25. The van der Waals surface area contributed by atoms with E-state index in [9.17, 15) is 9.90 Å². The molecule has 0 aromatic carbocycles. The van der Waals surface area contributed by atoms with Gasteiger partial charge in [-0.1, -0.05) is 74.7 Å². The lowest BCUT2D eigenvalue weighted by Gasteiger charge is -2.46. The van der Waals surface area contributed by atoms with Gasteiger partial charge < -0.3 is 10.0 Å². The summed E-state index contributed by atoms with van der Waals surface area (Å²) in [7, 11) is 0. The van der Waals surface area contributed by atoms with E-state index in [4.69, 9.17) is 0 Å². The summed E-state index contributed by atoms with van der Waals surface area (Å²) in [4.78, 5) is 15.8. The van der Waals surface area contributed by atoms with Crippen LogP contribution in [0, 0.1) is 27.6 Å². The van der Waals surface area contributed by atoms with Crippen LogP contribution in [0.3, 0.4) is 0 Å². The average Bonchev–Trinajstić information content (AvgIpc) is 2.90. The van der Waals surface area contributed by atoms with E-state index in [1.807, 2.05) is 4.90 Å². The number of likely N-dealkylation sites (tertiary alicyclic amines) is 1. The van der Waals surface area contributed by atoms with E-state index in [1.165, 1.54) is 32.1 Å². The monoisotopic (exact) mass is 407 g/mol. The zero-order valence-corrected chi connectivity index (χ0v) is 20.9. The number of rotatable bonds is 2. The van der Waals surface area contributed by atoms with Gasteiger partial charge in [0.05, 0.1) is 6.10 Å². The minimum atomic E-state index is -0.365. The molecule has 29 heavy (non-hydrogen) atoms. The maximum absolute atomic E-state index is 13.8. The molecule has 0 radical (unpaired) electrons. The number of carbonyl (C=O) groups excluding carboxylic acids is 1. The number of β-amino-alcohol motifs (C(OH)–C–C–N with tert-alkyl or cyclic N) is 1. The molecule has 2 fully saturated rings. The highest BCUT2D eigenvalue weighted by Gasteiger charge is 2.49. The highest BCUT2D eigenvalue weighted by molar-refractivity contribution is 5.81. The summed E-state index contributed by atoms with van der Waals surface area (Å²) in [5.41, 5.74) is 0.618. The molecular weight excluding hydrogens is 358 g/mol. The predicted molar refractivity (Wildman–Crippen MR) is 123 cm³/mol. The van der Waals surface area contributed by atoms with Crippen molar-refractivity contribution in [3.05, 3.63) is 0 Å². The number of nitrogens with zero attached hydrogens (tertiary/aromatic N) is 1. The highest BCUT2D eigenvalue weighted by atomic mass is 16.3. The number of aliphatic hydroxyl groups excluding tert-OH is 1. The molecule has 1 heterocycles. The third-order valence-corrected chi connectivity index (χ3v) is 8.66. The minimum Gasteiger partial charge on any atom is -0.391 e. The molecule has 1 saturated heterocycles. The quantitative estimate of drug-likeness (QED) is 0.572. The summed E-state index contributed by atoms with van der Waals surface area (Å²) in [5, 5.41) is 10.1. The summed E-state index contributed by atoms with van der Waals surface area (Å²) >= 11 is 0. The Morgan fingerprint density at radius 3 is 1.97 bits per heavy atom. The first kappa shape index (κ1) is 24.7. The van der Waals surface area contributed by atoms with Crippen molar-refractivity contribution < 1.29 is 9.90 Å². The van der Waals surface area contributed by atoms with Gasteiger partial charge in [-0.2, -0.15) is 0 Å². The largest absolute Gasteiger partial charge is 0.391 e. The summed E-state index contributed by atoms with van der Waals surface area (Å²) < 4.78 is 0. The van der Waals surface area contributed by atoms with Gasteiger partial charge in [-0.3, -0.25) is 4.79 Å². The van der Waals surface area contributed by atoms with Crippen molar-refractivity contribution in [3.8, 4) is 0 Å². The maximum atomic E-state index is 13.8. The molecule has 5 atom stereocenters. The molecule has 0 spiro atoms. The summed E-state index contributed by atoms with van der Waals surface area (Å²) in [6.07, 6.45) is 8.80. The van der Waals surface area contributed by atoms with Gasteiger partial charge in [0.2, 0.25) is 5.91 Å². The van der Waals surface area contributed by atoms with Crippen LogP contribution in [0.5, 0.6) is 0 Å². The molecule has 1 aliphatic carbocycles. The third kappa shape index (κ3) is 5.38. The molecule has 3 heteroatoms. The van der Waals surface area contributed by atoms with E-state index in [-0.39, 0.29) is 34.8 Å². The standard InChI is InChI=1S/C26H49NO2/c1-19-17-20(28)18-27(19)22(29)21(23(2,3)4)25(8)13-10-11-15-26(9,16-12-14-25)24(5,6)7/h19-21,28H,10-18H2,1-9H3/t19-,20-,21?,25?,26?/m1/s1. The fourth-order valence-corrected chi connectivity index (χ4v) is 6.40. The van der Waals surface area contributed by atoms with Crippen molar-refractivity contribution in [1.29, 1.82) is 0 Å². The van der Waals surface area contributed by atoms with Crippen molar-refractivity contribution in [2.45, 2.75) is 126 Å². The van der Waals surface area contributed by atoms with E-state index in [2.05, 4.69) is 62.3 Å². The second-order valence-corrected chi connectivity index (χ2v) is 13.1. The molecule has 0 bridgehead atoms. The molecular formula is C26H49NO2. The normalized spacial score (nSPS) is 36.3. The molecule has 1 amide bonds. The van der Waals surface area contributed by atoms with Crippen molar-refractivity contribution in [2.24, 2.45) is 27.6 Å². The topological polar surface area (TPSA) is 40.5 Å². The van der Waals surface area contributed by atoms with Gasteiger partial charge in [0.15, 0.2) is 0 Å². The van der Waals surface area contributed by atoms with E-state index < -0.39 is 0 Å². The molecule has 0 aromatic heterocycles. The van der Waals surface area contributed by atoms with Gasteiger partial charge in [-0.25, -0.2) is 0 Å². The number of carbonyl (C=O) groups is 1. The Balaban J connectivity index is 2.29. The molecule has 1 N–H and O–H groups in total. The number of hydrogen-bond donors (Lipinski definition) is 1. The van der Waals surface area contributed by atoms with Crippen LogP contribution < -0.4 is 0 Å². The average molecular weight is 408 g/mol. The summed E-state index contributed by atoms with van der Waals surface area (Å²) in [6.45, 7) is 21.4. The first-order valence-corrected chi connectivity index (χ1v) is 12.1. The van der Waals surface area contributed by atoms with Crippen LogP contribution in [0.1, 0.15) is 114 Å². The second-order valence-electron chi connectivity index (χ2n) is 13.1. The molecule has 1 saturated carbocycles. The van der Waals surface area contributed by atoms with Crippen molar-refractivity contribution >= 4 is 5.91 Å². The summed E-state index contributed by atoms with van der Waals surface area (Å²) in [5.74, 6) is 0.281. The Labute approximate surface area is 181 Å². The Hall–Kier alpha value is -0.570. The van der Waals surface area contributed by atoms with Crippen molar-refractivity contribution in [1.82, 2.24) is 4.90 Å². The minimum absolute atomic E-state index is 0.00161. The number of aliphatic hydroxyl groups is 1. The molecule has 1 aliphatic heterocycles. The third-order valence-electron chi connectivity index (χ3n) is 8.66. The van der Waals surface area contributed by atoms with Crippen LogP contribution in [0.15, 0.2) is 0 Å². The molecule has 3 unspecified atom stereocenters. The van der Waals surface area contributed by atoms with Crippen LogP contribution in [0.4, 0.5) is 0 Å². The van der Waals surface area contributed by atoms with Gasteiger partial charge in [-0.15, -0.1) is 0 Å². The Morgan fingerprint density at radius 1 is 0.966 bits per heavy atom. The van der Waals surface area contributed by atoms with Crippen LogP contribution >= 0.6 is 0 Å². The smallest absolute Gasteiger partial charge is 0.227 e. The highest BCUT2D eigenvalue weighted by Crippen LogP contribution is 2.53. The molecule has 2 aliphatic rings. The van der Waals surface area contributed by atoms with E-state index >= 15 is 0 Å². The lowest BCUT2D eigenvalue weighted by Crippen LogP contribution is -2.50. The first-order chi connectivity index (χ1) is 13.1. The van der Waals surface area contributed by atoms with Gasteiger partial charge in [0, 0.05) is 18.5 Å². The van der Waals surface area contributed by atoms with Gasteiger partial charge in [0.1, 0.15) is 0 Å². The predicted octanol–water partition coefficient (Wildman–Crippen LogP) is 6.43. The lowest BCUT2D eigenvalue weighted by molar-refractivity contribution is -0.147. The second kappa shape index (κ2) is 8.52. The molecule has 0 aromatic rings. The van der Waals surface area contributed by atoms with Crippen LogP contribution in [-0.4, -0.2) is 34.6 Å². The van der Waals surface area contributed by atoms with E-state index in [0.29, 0.717) is 23.8 Å². The van der Waals surface area contributed by atoms with Gasteiger partial charge in [0.25, 0.3) is 0 Å². The number of hydrogen-bond acceptors (Lipinski definition) is 2. The molecule has 2 rings (SSSR count). The molecule has 3 nitrogen and oxygen atoms in total. The van der Waals surface area contributed by atoms with Crippen LogP contribution in [-0.2, 0) is 4.79 Å². The van der Waals surface area contributed by atoms with Gasteiger partial charge >= 0.3 is 0 Å². The van der Waals surface area contributed by atoms with Crippen LogP contribution in [0.25, 0.3) is 0 Å². The summed E-state index contributed by atoms with van der Waals surface area (Å²) in [6, 6.07) is 0.145. The molecule has 170 valence electrons. The Morgan fingerprint density at radius 2 is 1.48 bits per heavy atom. The number of amides is 1. The zero-order chi connectivity index (χ0) is 22.3. The van der Waals surface area contributed by atoms with E-state index in [0.717, 1.165) is 12.8 Å². The SMILES string of the molecule is C[C@@H]1C[C@@H](O)CN1C(=O)C(C(C)(C)C)C1(C)CCCCC(C)(C(C)(C)C)CCC1. The van der Waals surface area contributed by atoms with Gasteiger partial charge in [-0.05, 0) is 60.7 Å². The maximum Gasteiger partial charge on any atom is 0.227 e. The fourth-order valence-electron chi connectivity index (χ4n) is 6.40. The van der Waals surface area contributed by atoms with Crippen molar-refractivity contribution in [3.63, 3.8) is 0 Å². The Bertz CT molecular complexity index is 572. The van der Waals surface area contributed by atoms with Crippen LogP contribution in [0.2, 0.25) is 0 Å². The first-order valence-electron chi connectivity index (χ1n) is 12.1.